The number of benzene rings is 1. The van der Waals surface area contributed by atoms with Crippen molar-refractivity contribution in [3.8, 4) is 0 Å². The molecule has 1 aliphatic carbocycles. The van der Waals surface area contributed by atoms with Crippen LogP contribution in [0.3, 0.4) is 0 Å². The fourth-order valence-electron chi connectivity index (χ4n) is 2.59. The molecule has 1 aromatic carbocycles. The Hall–Kier alpha value is -1.11. The van der Waals surface area contributed by atoms with Gasteiger partial charge in [0.25, 0.3) is 0 Å². The molecular formula is C16H21F. The molecule has 0 radical (unpaired) electrons. The molecular weight excluding hydrogens is 211 g/mol. The van der Waals surface area contributed by atoms with E-state index in [1.165, 1.54) is 24.0 Å². The normalized spacial score (nSPS) is 15.6. The summed E-state index contributed by atoms with van der Waals surface area (Å²) >= 11 is 0. The van der Waals surface area contributed by atoms with Crippen molar-refractivity contribution in [2.45, 2.75) is 51.9 Å². The van der Waals surface area contributed by atoms with Crippen LogP contribution in [0.15, 0.2) is 30.1 Å². The quantitative estimate of drug-likeness (QED) is 0.619. The molecule has 0 aromatic heterocycles. The lowest BCUT2D eigenvalue weighted by Crippen LogP contribution is -1.92. The number of aryl methyl sites for hydroxylation is 1. The van der Waals surface area contributed by atoms with Crippen molar-refractivity contribution in [3.63, 3.8) is 0 Å². The second-order valence-corrected chi connectivity index (χ2v) is 4.85. The molecule has 0 unspecified atom stereocenters. The van der Waals surface area contributed by atoms with Gasteiger partial charge in [0.2, 0.25) is 0 Å². The van der Waals surface area contributed by atoms with E-state index >= 15 is 0 Å². The summed E-state index contributed by atoms with van der Waals surface area (Å²) in [5.41, 5.74) is 3.47. The van der Waals surface area contributed by atoms with Gasteiger partial charge in [0.15, 0.2) is 0 Å². The lowest BCUT2D eigenvalue weighted by Gasteiger charge is -2.11. The molecule has 2 rings (SSSR count). The average Bonchev–Trinajstić information content (AvgIpc) is 2.50. The van der Waals surface area contributed by atoms with E-state index in [0.717, 1.165) is 31.3 Å². The number of allylic oxidation sites excluding steroid dienone is 2. The maximum atomic E-state index is 14.1. The first-order valence-electron chi connectivity index (χ1n) is 6.78. The monoisotopic (exact) mass is 232 g/mol. The zero-order chi connectivity index (χ0) is 12.1. The Kier molecular flexibility index (Phi) is 4.36. The molecule has 1 aromatic rings. The van der Waals surface area contributed by atoms with E-state index in [0.29, 0.717) is 6.42 Å². The van der Waals surface area contributed by atoms with Crippen LogP contribution in [-0.4, -0.2) is 0 Å². The third-order valence-corrected chi connectivity index (χ3v) is 3.54. The standard InChI is InChI=1S/C16H21F/c1-2-3-4-11-15-14-10-6-5-8-13(14)9-7-12-16(15)17/h5-6,8,10H,2-4,7,9,11-12H2,1H3. The van der Waals surface area contributed by atoms with E-state index < -0.39 is 0 Å². The van der Waals surface area contributed by atoms with Crippen molar-refractivity contribution in [2.24, 2.45) is 0 Å². The van der Waals surface area contributed by atoms with E-state index in [1.54, 1.807) is 0 Å². The first-order chi connectivity index (χ1) is 8.33. The van der Waals surface area contributed by atoms with Gasteiger partial charge in [-0.05, 0) is 48.8 Å². The number of fused-ring (bicyclic) bond motifs is 1. The van der Waals surface area contributed by atoms with Gasteiger partial charge in [-0.3, -0.25) is 0 Å². The van der Waals surface area contributed by atoms with Gasteiger partial charge in [0, 0.05) is 0 Å². The van der Waals surface area contributed by atoms with Crippen molar-refractivity contribution in [3.05, 3.63) is 41.2 Å². The first-order valence-corrected chi connectivity index (χ1v) is 6.78. The highest BCUT2D eigenvalue weighted by Crippen LogP contribution is 2.34. The molecule has 0 spiro atoms. The van der Waals surface area contributed by atoms with Crippen LogP contribution in [-0.2, 0) is 6.42 Å². The minimum Gasteiger partial charge on any atom is -0.212 e. The fraction of sp³-hybridized carbons (Fsp3) is 0.500. The van der Waals surface area contributed by atoms with Gasteiger partial charge in [0.1, 0.15) is 5.83 Å². The number of unbranched alkanes of at least 4 members (excludes halogenated alkanes) is 2. The maximum Gasteiger partial charge on any atom is 0.104 e. The lowest BCUT2D eigenvalue weighted by atomic mass is 9.95. The molecule has 0 aliphatic heterocycles. The Morgan fingerprint density at radius 3 is 2.76 bits per heavy atom. The summed E-state index contributed by atoms with van der Waals surface area (Å²) in [6.45, 7) is 2.19. The summed E-state index contributed by atoms with van der Waals surface area (Å²) in [5, 5.41) is 0. The maximum absolute atomic E-state index is 14.1. The molecule has 0 atom stereocenters. The Morgan fingerprint density at radius 2 is 1.94 bits per heavy atom. The van der Waals surface area contributed by atoms with E-state index in [9.17, 15) is 4.39 Å². The summed E-state index contributed by atoms with van der Waals surface area (Å²) in [5.74, 6) is 0.131. The molecule has 17 heavy (non-hydrogen) atoms. The molecule has 0 saturated carbocycles. The number of hydrogen-bond acceptors (Lipinski definition) is 0. The van der Waals surface area contributed by atoms with Crippen LogP contribution < -0.4 is 0 Å². The largest absolute Gasteiger partial charge is 0.212 e. The Morgan fingerprint density at radius 1 is 1.12 bits per heavy atom. The van der Waals surface area contributed by atoms with Crippen molar-refractivity contribution in [1.82, 2.24) is 0 Å². The molecule has 0 saturated heterocycles. The van der Waals surface area contributed by atoms with Gasteiger partial charge >= 0.3 is 0 Å². The highest BCUT2D eigenvalue weighted by Gasteiger charge is 2.16. The summed E-state index contributed by atoms with van der Waals surface area (Å²) in [6, 6.07) is 8.32. The molecule has 0 amide bonds. The van der Waals surface area contributed by atoms with Crippen LogP contribution in [0.5, 0.6) is 0 Å². The first kappa shape index (κ1) is 12.3. The van der Waals surface area contributed by atoms with Crippen molar-refractivity contribution in [2.75, 3.05) is 0 Å². The van der Waals surface area contributed by atoms with E-state index in [4.69, 9.17) is 0 Å². The van der Waals surface area contributed by atoms with Gasteiger partial charge in [-0.15, -0.1) is 0 Å². The summed E-state index contributed by atoms with van der Waals surface area (Å²) in [4.78, 5) is 0. The zero-order valence-corrected chi connectivity index (χ0v) is 10.6. The third-order valence-electron chi connectivity index (χ3n) is 3.54. The van der Waals surface area contributed by atoms with Crippen LogP contribution in [0.4, 0.5) is 4.39 Å². The highest BCUT2D eigenvalue weighted by molar-refractivity contribution is 5.70. The molecule has 0 bridgehead atoms. The van der Waals surface area contributed by atoms with Crippen molar-refractivity contribution < 1.29 is 4.39 Å². The predicted octanol–water partition coefficient (Wildman–Crippen LogP) is 5.28. The lowest BCUT2D eigenvalue weighted by molar-refractivity contribution is 0.576. The van der Waals surface area contributed by atoms with Gasteiger partial charge in [-0.1, -0.05) is 44.0 Å². The fourth-order valence-corrected chi connectivity index (χ4v) is 2.59. The minimum atomic E-state index is 0.131. The smallest absolute Gasteiger partial charge is 0.104 e. The molecule has 0 N–H and O–H groups in total. The van der Waals surface area contributed by atoms with E-state index in [2.05, 4.69) is 25.1 Å². The molecule has 92 valence electrons. The number of rotatable bonds is 4. The Balaban J connectivity index is 2.25. The molecule has 1 aliphatic rings. The summed E-state index contributed by atoms with van der Waals surface area (Å²) < 4.78 is 14.1. The van der Waals surface area contributed by atoms with Crippen LogP contribution in [0.25, 0.3) is 5.57 Å². The minimum absolute atomic E-state index is 0.131. The van der Waals surface area contributed by atoms with Crippen molar-refractivity contribution >= 4 is 5.57 Å². The van der Waals surface area contributed by atoms with Crippen LogP contribution in [0.2, 0.25) is 0 Å². The molecule has 0 nitrogen and oxygen atoms in total. The van der Waals surface area contributed by atoms with Crippen LogP contribution in [0.1, 0.15) is 56.6 Å². The summed E-state index contributed by atoms with van der Waals surface area (Å²) in [7, 11) is 0. The number of hydrogen-bond donors (Lipinski definition) is 0. The molecule has 1 heteroatoms. The van der Waals surface area contributed by atoms with Gasteiger partial charge in [-0.25, -0.2) is 4.39 Å². The highest BCUT2D eigenvalue weighted by atomic mass is 19.1. The van der Waals surface area contributed by atoms with Gasteiger partial charge in [0.05, 0.1) is 0 Å². The Labute approximate surface area is 104 Å². The average molecular weight is 232 g/mol. The molecule has 0 fully saturated rings. The topological polar surface area (TPSA) is 0 Å². The van der Waals surface area contributed by atoms with Gasteiger partial charge < -0.3 is 0 Å². The van der Waals surface area contributed by atoms with E-state index in [-0.39, 0.29) is 5.83 Å². The van der Waals surface area contributed by atoms with Crippen molar-refractivity contribution in [1.29, 1.82) is 0 Å². The summed E-state index contributed by atoms with van der Waals surface area (Å²) in [6.07, 6.45) is 6.97. The Bertz CT molecular complexity index is 404. The SMILES string of the molecule is CCCCCC1=C(F)CCCc2ccccc21. The predicted molar refractivity (Wildman–Crippen MR) is 71.6 cm³/mol. The molecule has 0 heterocycles. The second-order valence-electron chi connectivity index (χ2n) is 4.85. The van der Waals surface area contributed by atoms with Gasteiger partial charge in [-0.2, -0.15) is 0 Å². The second kappa shape index (κ2) is 6.00. The van der Waals surface area contributed by atoms with E-state index in [1.807, 2.05) is 6.07 Å². The van der Waals surface area contributed by atoms with Crippen LogP contribution in [0, 0.1) is 0 Å². The zero-order valence-electron chi connectivity index (χ0n) is 10.6. The third kappa shape index (κ3) is 2.96. The van der Waals surface area contributed by atoms with Crippen LogP contribution >= 0.6 is 0 Å². The number of halogens is 1.